The van der Waals surface area contributed by atoms with Crippen LogP contribution < -0.4 is 14.8 Å². The summed E-state index contributed by atoms with van der Waals surface area (Å²) in [4.78, 5) is 23.2. The van der Waals surface area contributed by atoms with Crippen LogP contribution in [0.1, 0.15) is 5.56 Å². The number of thioether (sulfide) groups is 1. The van der Waals surface area contributed by atoms with Gasteiger partial charge in [-0.2, -0.15) is 0 Å². The number of H-pyrrole nitrogens is 1. The predicted octanol–water partition coefficient (Wildman–Crippen LogP) is 2.72. The zero-order valence-corrected chi connectivity index (χ0v) is 16.2. The molecule has 4 aromatic rings. The fourth-order valence-electron chi connectivity index (χ4n) is 3.16. The van der Waals surface area contributed by atoms with Crippen molar-refractivity contribution in [1.82, 2.24) is 19.9 Å². The first kappa shape index (κ1) is 16.5. The topological polar surface area (TPSA) is 70.1 Å². The summed E-state index contributed by atoms with van der Waals surface area (Å²) in [5, 5.41) is 4.05. The normalized spacial score (nSPS) is 16.0. The van der Waals surface area contributed by atoms with Gasteiger partial charge in [-0.05, 0) is 30.0 Å². The van der Waals surface area contributed by atoms with Crippen molar-refractivity contribution in [3.8, 4) is 0 Å². The van der Waals surface area contributed by atoms with Gasteiger partial charge in [-0.1, -0.05) is 30.0 Å². The van der Waals surface area contributed by atoms with Crippen molar-refractivity contribution in [3.63, 3.8) is 0 Å². The molecule has 134 valence electrons. The maximum atomic E-state index is 5.00. The van der Waals surface area contributed by atoms with Gasteiger partial charge in [0.15, 0.2) is 5.65 Å². The van der Waals surface area contributed by atoms with Gasteiger partial charge >= 0.3 is 0 Å². The van der Waals surface area contributed by atoms with Gasteiger partial charge in [0.25, 0.3) is 0 Å². The molecule has 5 rings (SSSR count). The lowest BCUT2D eigenvalue weighted by molar-refractivity contribution is 0.740. The standard InChI is InChI=1S/C19H16N6S2/c1-12-4-2-3-5-14(12)25-8-15-13(6-7-26-15)24-16(25)9-27-19-17-18(21-10-20-17)22-11-23-19/h2-8,10-11,16H,9H2,1H3,(H,20,21,22,23). The molecule has 0 fully saturated rings. The number of aromatic amines is 1. The van der Waals surface area contributed by atoms with Crippen molar-refractivity contribution in [2.24, 2.45) is 4.99 Å². The molecular weight excluding hydrogens is 376 g/mol. The van der Waals surface area contributed by atoms with Crippen LogP contribution in [0.15, 0.2) is 58.4 Å². The monoisotopic (exact) mass is 392 g/mol. The number of thiophene rings is 1. The Balaban J connectivity index is 1.51. The molecule has 1 aliphatic heterocycles. The Morgan fingerprint density at radius 1 is 1.19 bits per heavy atom. The van der Waals surface area contributed by atoms with Gasteiger partial charge in [-0.25, -0.2) is 15.0 Å². The molecular formula is C19H16N6S2. The summed E-state index contributed by atoms with van der Waals surface area (Å²) in [6.07, 6.45) is 5.42. The number of fused-ring (bicyclic) bond motifs is 2. The van der Waals surface area contributed by atoms with Crippen LogP contribution in [0.2, 0.25) is 0 Å². The Morgan fingerprint density at radius 2 is 2.11 bits per heavy atom. The quantitative estimate of drug-likeness (QED) is 0.427. The molecule has 0 saturated carbocycles. The second-order valence-corrected chi connectivity index (χ2v) is 8.15. The van der Waals surface area contributed by atoms with Gasteiger partial charge in [0.05, 0.1) is 16.2 Å². The lowest BCUT2D eigenvalue weighted by Gasteiger charge is -2.30. The second kappa shape index (κ2) is 6.79. The largest absolute Gasteiger partial charge is 0.341 e. The Kier molecular flexibility index (Phi) is 4.14. The number of aryl methyl sites for hydroxylation is 1. The third-order valence-electron chi connectivity index (χ3n) is 4.49. The van der Waals surface area contributed by atoms with Crippen LogP contribution in [0.4, 0.5) is 5.69 Å². The number of anilines is 1. The summed E-state index contributed by atoms with van der Waals surface area (Å²) in [5.41, 5.74) is 3.98. The van der Waals surface area contributed by atoms with Crippen molar-refractivity contribution in [1.29, 1.82) is 0 Å². The molecule has 0 amide bonds. The van der Waals surface area contributed by atoms with E-state index in [1.165, 1.54) is 15.8 Å². The summed E-state index contributed by atoms with van der Waals surface area (Å²) >= 11 is 3.39. The highest BCUT2D eigenvalue weighted by molar-refractivity contribution is 7.99. The van der Waals surface area contributed by atoms with Crippen molar-refractivity contribution < 1.29 is 0 Å². The predicted molar refractivity (Wildman–Crippen MR) is 109 cm³/mol. The molecule has 1 aliphatic rings. The van der Waals surface area contributed by atoms with Gasteiger partial charge in [0.2, 0.25) is 0 Å². The minimum atomic E-state index is -0.00821. The number of imidazole rings is 1. The smallest absolute Gasteiger partial charge is 0.181 e. The Bertz CT molecular complexity index is 1230. The molecule has 0 radical (unpaired) electrons. The lowest BCUT2D eigenvalue weighted by atomic mass is 10.1. The van der Waals surface area contributed by atoms with Crippen LogP contribution >= 0.6 is 23.1 Å². The fourth-order valence-corrected chi connectivity index (χ4v) is 4.88. The van der Waals surface area contributed by atoms with Gasteiger partial charge in [0, 0.05) is 17.6 Å². The zero-order valence-electron chi connectivity index (χ0n) is 14.5. The summed E-state index contributed by atoms with van der Waals surface area (Å²) in [6.45, 7) is 2.13. The third-order valence-corrected chi connectivity index (χ3v) is 6.38. The summed E-state index contributed by atoms with van der Waals surface area (Å²) in [6, 6.07) is 10.5. The first-order valence-electron chi connectivity index (χ1n) is 8.53. The maximum absolute atomic E-state index is 5.00. The van der Waals surface area contributed by atoms with E-state index < -0.39 is 0 Å². The average Bonchev–Trinajstić information content (AvgIpc) is 3.35. The van der Waals surface area contributed by atoms with Crippen LogP contribution in [0.3, 0.4) is 0 Å². The first-order valence-corrected chi connectivity index (χ1v) is 10.4. The number of benzene rings is 1. The van der Waals surface area contributed by atoms with Gasteiger partial charge < -0.3 is 9.88 Å². The molecule has 0 saturated heterocycles. The lowest BCUT2D eigenvalue weighted by Crippen LogP contribution is -2.41. The molecule has 0 bridgehead atoms. The van der Waals surface area contributed by atoms with E-state index in [-0.39, 0.29) is 6.17 Å². The minimum absolute atomic E-state index is 0.00821. The van der Waals surface area contributed by atoms with Crippen LogP contribution in [-0.2, 0) is 0 Å². The maximum Gasteiger partial charge on any atom is 0.181 e. The Labute approximate surface area is 163 Å². The van der Waals surface area contributed by atoms with E-state index in [0.29, 0.717) is 5.65 Å². The molecule has 1 atom stereocenters. The zero-order chi connectivity index (χ0) is 18.2. The summed E-state index contributed by atoms with van der Waals surface area (Å²) in [5.74, 6) is 0.769. The molecule has 8 heteroatoms. The number of nitrogens with one attached hydrogen (secondary N) is 1. The van der Waals surface area contributed by atoms with Crippen LogP contribution in [0.5, 0.6) is 0 Å². The molecule has 1 unspecified atom stereocenters. The first-order chi connectivity index (χ1) is 13.3. The van der Waals surface area contributed by atoms with E-state index in [2.05, 4.69) is 73.7 Å². The average molecular weight is 393 g/mol. The summed E-state index contributed by atoms with van der Waals surface area (Å²) in [7, 11) is 0. The van der Waals surface area contributed by atoms with E-state index in [9.17, 15) is 0 Å². The van der Waals surface area contributed by atoms with E-state index in [4.69, 9.17) is 4.99 Å². The summed E-state index contributed by atoms with van der Waals surface area (Å²) < 4.78 is 1.19. The molecule has 1 aromatic carbocycles. The molecule has 0 spiro atoms. The second-order valence-electron chi connectivity index (χ2n) is 6.19. The number of para-hydroxylation sites is 1. The molecule has 0 aliphatic carbocycles. The van der Waals surface area contributed by atoms with Crippen molar-refractivity contribution in [2.45, 2.75) is 18.1 Å². The molecule has 27 heavy (non-hydrogen) atoms. The van der Waals surface area contributed by atoms with Crippen molar-refractivity contribution in [2.75, 3.05) is 10.7 Å². The Morgan fingerprint density at radius 3 is 3.04 bits per heavy atom. The third kappa shape index (κ3) is 3.00. The highest BCUT2D eigenvalue weighted by Gasteiger charge is 2.22. The van der Waals surface area contributed by atoms with Gasteiger partial charge in [0.1, 0.15) is 23.0 Å². The number of hydrogen-bond acceptors (Lipinski definition) is 7. The van der Waals surface area contributed by atoms with Crippen molar-refractivity contribution in [3.05, 3.63) is 63.8 Å². The van der Waals surface area contributed by atoms with Crippen LogP contribution in [0.25, 0.3) is 17.4 Å². The minimum Gasteiger partial charge on any atom is -0.341 e. The van der Waals surface area contributed by atoms with Gasteiger partial charge in [-0.15, -0.1) is 11.3 Å². The number of rotatable bonds is 4. The number of hydrogen-bond donors (Lipinski definition) is 1. The van der Waals surface area contributed by atoms with E-state index in [1.54, 1.807) is 35.8 Å². The highest BCUT2D eigenvalue weighted by atomic mass is 32.2. The molecule has 6 nitrogen and oxygen atoms in total. The number of aromatic nitrogens is 4. The Hall–Kier alpha value is -2.71. The van der Waals surface area contributed by atoms with E-state index in [0.717, 1.165) is 21.7 Å². The highest BCUT2D eigenvalue weighted by Crippen LogP contribution is 2.28. The number of nitrogens with zero attached hydrogens (tertiary/aromatic N) is 5. The molecule has 4 heterocycles. The van der Waals surface area contributed by atoms with Crippen LogP contribution in [-0.4, -0.2) is 31.9 Å². The van der Waals surface area contributed by atoms with Crippen LogP contribution in [0, 0.1) is 6.92 Å². The van der Waals surface area contributed by atoms with E-state index in [1.807, 2.05) is 0 Å². The molecule has 3 aromatic heterocycles. The SMILES string of the molecule is Cc1ccccc1N1C=c2sccc2=NC1CSc1ncnc2nc[nH]c12. The van der Waals surface area contributed by atoms with E-state index >= 15 is 0 Å². The van der Waals surface area contributed by atoms with Gasteiger partial charge in [-0.3, -0.25) is 4.99 Å². The van der Waals surface area contributed by atoms with Crippen molar-refractivity contribution >= 4 is 46.1 Å². The fraction of sp³-hybridized carbons (Fsp3) is 0.158. The molecule has 1 N–H and O–H groups in total.